The third-order valence-electron chi connectivity index (χ3n) is 4.90. The fraction of sp³-hybridized carbons (Fsp3) is 0.500. The van der Waals surface area contributed by atoms with Gasteiger partial charge in [0, 0.05) is 17.6 Å². The van der Waals surface area contributed by atoms with Crippen molar-refractivity contribution in [1.82, 2.24) is 15.2 Å². The minimum atomic E-state index is -0.886. The van der Waals surface area contributed by atoms with Gasteiger partial charge in [-0.1, -0.05) is 24.9 Å². The van der Waals surface area contributed by atoms with E-state index in [-0.39, 0.29) is 28.7 Å². The average molecular weight is 512 g/mol. The van der Waals surface area contributed by atoms with Gasteiger partial charge in [0.1, 0.15) is 29.9 Å². The van der Waals surface area contributed by atoms with E-state index in [1.165, 1.54) is 23.8 Å². The quantitative estimate of drug-likeness (QED) is 0.109. The molecule has 3 heterocycles. The van der Waals surface area contributed by atoms with Gasteiger partial charge in [-0.15, -0.1) is 23.1 Å². The van der Waals surface area contributed by atoms with Gasteiger partial charge in [0.05, 0.1) is 0 Å². The van der Waals surface area contributed by atoms with Crippen LogP contribution < -0.4 is 11.1 Å². The molecular weight excluding hydrogens is 486 g/mol. The van der Waals surface area contributed by atoms with E-state index in [4.69, 9.17) is 20.0 Å². The van der Waals surface area contributed by atoms with E-state index < -0.39 is 42.0 Å². The predicted octanol–water partition coefficient (Wildman–Crippen LogP) is 0.984. The number of thiazole rings is 1. The Balaban J connectivity index is 1.55. The maximum atomic E-state index is 12.8. The Labute approximate surface area is 203 Å². The number of fused-ring (bicyclic) bond motifs is 1. The minimum Gasteiger partial charge on any atom is -0.428 e. The van der Waals surface area contributed by atoms with Crippen molar-refractivity contribution in [3.8, 4) is 0 Å². The first-order valence-corrected chi connectivity index (χ1v) is 12.4. The van der Waals surface area contributed by atoms with Gasteiger partial charge in [0.15, 0.2) is 10.8 Å². The first-order chi connectivity index (χ1) is 16.4. The average Bonchev–Trinajstić information content (AvgIpc) is 3.25. The van der Waals surface area contributed by atoms with E-state index in [1.807, 2.05) is 6.92 Å². The molecule has 3 N–H and O–H groups in total. The number of anilines is 1. The van der Waals surface area contributed by atoms with Crippen molar-refractivity contribution in [3.05, 3.63) is 22.8 Å². The lowest BCUT2D eigenvalue weighted by Gasteiger charge is -2.48. The van der Waals surface area contributed by atoms with Crippen molar-refractivity contribution < 1.29 is 33.5 Å². The number of nitrogen functional groups attached to an aromatic ring is 1. The lowest BCUT2D eigenvalue weighted by molar-refractivity contribution is -0.168. The number of aromatic nitrogens is 1. The van der Waals surface area contributed by atoms with Gasteiger partial charge in [0.2, 0.25) is 6.79 Å². The van der Waals surface area contributed by atoms with E-state index >= 15 is 0 Å². The largest absolute Gasteiger partial charge is 0.428 e. The van der Waals surface area contributed by atoms with Crippen LogP contribution in [0.4, 0.5) is 5.13 Å². The molecule has 14 heteroatoms. The van der Waals surface area contributed by atoms with Gasteiger partial charge < -0.3 is 25.4 Å². The summed E-state index contributed by atoms with van der Waals surface area (Å²) in [5, 5.41) is 7.60. The van der Waals surface area contributed by atoms with Crippen LogP contribution in [0.3, 0.4) is 0 Å². The number of ether oxygens (including phenoxy) is 2. The molecule has 2 aliphatic heterocycles. The number of β-lactam (4-membered cyclic amide) rings is 1. The Morgan fingerprint density at radius 2 is 2.12 bits per heavy atom. The summed E-state index contributed by atoms with van der Waals surface area (Å²) in [7, 11) is 1.28. The number of carbonyl (C=O) groups is 4. The van der Waals surface area contributed by atoms with Crippen molar-refractivity contribution in [3.63, 3.8) is 0 Å². The molecule has 2 atom stereocenters. The molecule has 2 amide bonds. The highest BCUT2D eigenvalue weighted by Crippen LogP contribution is 2.37. The molecule has 1 aromatic rings. The Bertz CT molecular complexity index is 1010. The van der Waals surface area contributed by atoms with E-state index in [0.717, 1.165) is 24.2 Å². The lowest BCUT2D eigenvalue weighted by atomic mass is 10.0. The molecule has 12 nitrogen and oxygen atoms in total. The molecule has 184 valence electrons. The van der Waals surface area contributed by atoms with Crippen molar-refractivity contribution >= 4 is 57.7 Å². The SMILES string of the molecule is CCCCCC(=O)OCOC(=O)C1=CCS[C@@H]2C(NC(=O)/C(=N\OC)c3csc(N)n3)C(=O)N12. The standard InChI is InChI=1S/C20H25N5O7S2/c1-3-4-5-6-13(26)31-10-32-19(29)12-7-8-33-18-15(17(28)25(12)18)23-16(27)14(24-30-2)11-9-34-20(21)22-11/h7,9,15,18H,3-6,8,10H2,1-2H3,(H2,21,22)(H,23,27)/b24-14-/t15?,18-/m1/s1. The third kappa shape index (κ3) is 5.86. The number of esters is 2. The number of hydrogen-bond donors (Lipinski definition) is 2. The molecule has 0 aliphatic carbocycles. The minimum absolute atomic E-state index is 0.0411. The second-order valence-corrected chi connectivity index (χ2v) is 9.23. The number of thioether (sulfide) groups is 1. The monoisotopic (exact) mass is 511 g/mol. The zero-order chi connectivity index (χ0) is 24.7. The number of unbranched alkanes of at least 4 members (excludes halogenated alkanes) is 2. The first kappa shape index (κ1) is 25.5. The summed E-state index contributed by atoms with van der Waals surface area (Å²) in [4.78, 5) is 59.6. The smallest absolute Gasteiger partial charge is 0.357 e. The van der Waals surface area contributed by atoms with Gasteiger partial charge in [-0.2, -0.15) is 0 Å². The molecule has 1 unspecified atom stereocenters. The topological polar surface area (TPSA) is 163 Å². The highest BCUT2D eigenvalue weighted by atomic mass is 32.2. The van der Waals surface area contributed by atoms with Gasteiger partial charge in [0.25, 0.3) is 11.8 Å². The predicted molar refractivity (Wildman–Crippen MR) is 124 cm³/mol. The molecule has 3 rings (SSSR count). The van der Waals surface area contributed by atoms with Crippen LogP contribution in [0.1, 0.15) is 38.3 Å². The van der Waals surface area contributed by atoms with Crippen LogP contribution in [0, 0.1) is 0 Å². The Morgan fingerprint density at radius 1 is 1.32 bits per heavy atom. The molecule has 0 aromatic carbocycles. The summed E-state index contributed by atoms with van der Waals surface area (Å²) in [5.74, 6) is -1.97. The number of amides is 2. The summed E-state index contributed by atoms with van der Waals surface area (Å²) in [6.07, 6.45) is 4.39. The number of carbonyl (C=O) groups excluding carboxylic acids is 4. The van der Waals surface area contributed by atoms with Crippen LogP contribution in [0.5, 0.6) is 0 Å². The Hall–Kier alpha value is -3.13. The number of nitrogens with two attached hydrogens (primary N) is 1. The fourth-order valence-electron chi connectivity index (χ4n) is 3.25. The maximum Gasteiger partial charge on any atom is 0.357 e. The zero-order valence-electron chi connectivity index (χ0n) is 18.6. The zero-order valence-corrected chi connectivity index (χ0v) is 20.3. The number of hydrogen-bond acceptors (Lipinski definition) is 12. The summed E-state index contributed by atoms with van der Waals surface area (Å²) in [6, 6.07) is -0.886. The number of rotatable bonds is 11. The lowest BCUT2D eigenvalue weighted by Crippen LogP contribution is -2.70. The molecular formula is C20H25N5O7S2. The summed E-state index contributed by atoms with van der Waals surface area (Å²) < 4.78 is 9.92. The Morgan fingerprint density at radius 3 is 2.79 bits per heavy atom. The van der Waals surface area contributed by atoms with E-state index in [2.05, 4.69) is 15.5 Å². The van der Waals surface area contributed by atoms with Gasteiger partial charge in [-0.3, -0.25) is 19.3 Å². The van der Waals surface area contributed by atoms with Crippen LogP contribution in [-0.4, -0.2) is 70.4 Å². The number of oxime groups is 1. The van der Waals surface area contributed by atoms with Gasteiger partial charge >= 0.3 is 11.9 Å². The van der Waals surface area contributed by atoms with Crippen LogP contribution in [0.25, 0.3) is 0 Å². The van der Waals surface area contributed by atoms with Crippen molar-refractivity contribution in [2.75, 3.05) is 25.4 Å². The summed E-state index contributed by atoms with van der Waals surface area (Å²) >= 11 is 2.50. The molecule has 0 radical (unpaired) electrons. The first-order valence-electron chi connectivity index (χ1n) is 10.5. The normalized spacial score (nSPS) is 19.5. The maximum absolute atomic E-state index is 12.8. The molecule has 1 saturated heterocycles. The molecule has 34 heavy (non-hydrogen) atoms. The summed E-state index contributed by atoms with van der Waals surface area (Å²) in [5.41, 5.74) is 5.75. The van der Waals surface area contributed by atoms with E-state index in [1.54, 1.807) is 11.5 Å². The Kier molecular flexibility index (Phi) is 8.87. The van der Waals surface area contributed by atoms with E-state index in [9.17, 15) is 19.2 Å². The second-order valence-electron chi connectivity index (χ2n) is 7.19. The van der Waals surface area contributed by atoms with Gasteiger partial charge in [-0.05, 0) is 12.5 Å². The van der Waals surface area contributed by atoms with Gasteiger partial charge in [-0.25, -0.2) is 9.78 Å². The molecule has 0 spiro atoms. The molecule has 0 saturated carbocycles. The highest BCUT2D eigenvalue weighted by Gasteiger charge is 2.53. The summed E-state index contributed by atoms with van der Waals surface area (Å²) in [6.45, 7) is 1.49. The molecule has 1 fully saturated rings. The number of nitrogens with one attached hydrogen (secondary N) is 1. The number of nitrogens with zero attached hydrogens (tertiary/aromatic N) is 3. The van der Waals surface area contributed by atoms with Crippen molar-refractivity contribution in [2.24, 2.45) is 5.16 Å². The molecule has 2 aliphatic rings. The second kappa shape index (κ2) is 11.8. The third-order valence-corrected chi connectivity index (χ3v) is 6.76. The molecule has 0 bridgehead atoms. The van der Waals surface area contributed by atoms with Crippen molar-refractivity contribution in [1.29, 1.82) is 0 Å². The highest BCUT2D eigenvalue weighted by molar-refractivity contribution is 8.00. The fourth-order valence-corrected chi connectivity index (χ4v) is 4.99. The van der Waals surface area contributed by atoms with Crippen LogP contribution >= 0.6 is 23.1 Å². The van der Waals surface area contributed by atoms with E-state index in [0.29, 0.717) is 12.2 Å². The molecule has 1 aromatic heterocycles. The van der Waals surface area contributed by atoms with Crippen LogP contribution in [0.15, 0.2) is 22.3 Å². The van der Waals surface area contributed by atoms with Crippen LogP contribution in [-0.2, 0) is 33.5 Å². The van der Waals surface area contributed by atoms with Crippen LogP contribution in [0.2, 0.25) is 0 Å². The van der Waals surface area contributed by atoms with Crippen molar-refractivity contribution in [2.45, 2.75) is 44.0 Å².